The molecule has 0 bridgehead atoms. The Bertz CT molecular complexity index is 281. The lowest BCUT2D eigenvalue weighted by atomic mass is 10.1. The van der Waals surface area contributed by atoms with E-state index in [-0.39, 0.29) is 19.4 Å². The number of nitrogens with zero attached hydrogens (tertiary/aromatic N) is 2. The van der Waals surface area contributed by atoms with Crippen molar-refractivity contribution in [3.8, 4) is 0 Å². The van der Waals surface area contributed by atoms with E-state index in [1.54, 1.807) is 0 Å². The zero-order chi connectivity index (χ0) is 11.1. The second kappa shape index (κ2) is 3.28. The van der Waals surface area contributed by atoms with Crippen LogP contribution in [0.2, 0.25) is 0 Å². The van der Waals surface area contributed by atoms with Crippen LogP contribution in [-0.4, -0.2) is 43.7 Å². The number of rotatable bonds is 2. The smallest absolute Gasteiger partial charge is 0.355 e. The van der Waals surface area contributed by atoms with E-state index in [4.69, 9.17) is 0 Å². The average Bonchev–Trinajstić information content (AvgIpc) is 2.82. The zero-order valence-electron chi connectivity index (χ0n) is 8.56. The van der Waals surface area contributed by atoms with Gasteiger partial charge < -0.3 is 10.2 Å². The number of hydrogen-bond acceptors (Lipinski definition) is 3. The minimum absolute atomic E-state index is 0.0420. The van der Waals surface area contributed by atoms with Gasteiger partial charge >= 0.3 is 6.18 Å². The Hall–Kier alpha value is -0.940. The van der Waals surface area contributed by atoms with E-state index in [2.05, 4.69) is 10.3 Å². The Morgan fingerprint density at radius 1 is 1.47 bits per heavy atom. The standard InChI is InChI=1S/C9H14F3N3/c1-15-5-4-13-7(15)14-6-8(2-3-8)9(10,11)12/h2-6H2,1H3,(H,13,14). The number of alkyl halides is 3. The van der Waals surface area contributed by atoms with E-state index in [0.717, 1.165) is 6.54 Å². The molecule has 0 amide bonds. The average molecular weight is 221 g/mol. The van der Waals surface area contributed by atoms with Crippen molar-refractivity contribution in [1.82, 2.24) is 10.2 Å². The molecule has 6 heteroatoms. The van der Waals surface area contributed by atoms with E-state index in [1.807, 2.05) is 11.9 Å². The van der Waals surface area contributed by atoms with E-state index < -0.39 is 11.6 Å². The molecule has 1 aliphatic heterocycles. The predicted molar refractivity (Wildman–Crippen MR) is 50.7 cm³/mol. The van der Waals surface area contributed by atoms with Crippen LogP contribution in [-0.2, 0) is 0 Å². The Kier molecular flexibility index (Phi) is 2.31. The first-order valence-electron chi connectivity index (χ1n) is 5.01. The highest BCUT2D eigenvalue weighted by atomic mass is 19.4. The van der Waals surface area contributed by atoms with Gasteiger partial charge in [0, 0.05) is 20.1 Å². The number of aliphatic imine (C=N–C) groups is 1. The summed E-state index contributed by atoms with van der Waals surface area (Å²) in [5, 5.41) is 2.80. The molecule has 0 radical (unpaired) electrons. The van der Waals surface area contributed by atoms with Crippen LogP contribution < -0.4 is 5.32 Å². The maximum absolute atomic E-state index is 12.6. The predicted octanol–water partition coefficient (Wildman–Crippen LogP) is 1.22. The van der Waals surface area contributed by atoms with Crippen LogP contribution in [0.15, 0.2) is 4.99 Å². The Labute approximate surface area is 86.3 Å². The third-order valence-corrected chi connectivity index (χ3v) is 3.10. The van der Waals surface area contributed by atoms with Gasteiger partial charge in [-0.05, 0) is 12.8 Å². The van der Waals surface area contributed by atoms with Gasteiger partial charge in [-0.25, -0.2) is 0 Å². The summed E-state index contributed by atoms with van der Waals surface area (Å²) >= 11 is 0. The van der Waals surface area contributed by atoms with Gasteiger partial charge in [0.1, 0.15) is 0 Å². The minimum Gasteiger partial charge on any atom is -0.355 e. The Morgan fingerprint density at radius 3 is 2.53 bits per heavy atom. The maximum Gasteiger partial charge on any atom is 0.396 e. The molecule has 0 unspecified atom stereocenters. The highest BCUT2D eigenvalue weighted by Crippen LogP contribution is 2.57. The van der Waals surface area contributed by atoms with Crippen molar-refractivity contribution in [2.75, 3.05) is 26.7 Å². The summed E-state index contributed by atoms with van der Waals surface area (Å²) < 4.78 is 37.7. The fourth-order valence-corrected chi connectivity index (χ4v) is 1.68. The molecule has 0 atom stereocenters. The first kappa shape index (κ1) is 10.6. The summed E-state index contributed by atoms with van der Waals surface area (Å²) in [5.74, 6) is 0.588. The van der Waals surface area contributed by atoms with Crippen molar-refractivity contribution in [3.05, 3.63) is 0 Å². The molecule has 86 valence electrons. The Morgan fingerprint density at radius 2 is 2.13 bits per heavy atom. The van der Waals surface area contributed by atoms with Crippen molar-refractivity contribution in [1.29, 1.82) is 0 Å². The summed E-state index contributed by atoms with van der Waals surface area (Å²) in [5.41, 5.74) is -1.49. The van der Waals surface area contributed by atoms with Crippen LogP contribution in [0.1, 0.15) is 12.8 Å². The molecular formula is C9H14F3N3. The molecule has 2 rings (SSSR count). The lowest BCUT2D eigenvalue weighted by molar-refractivity contribution is -0.184. The summed E-state index contributed by atoms with van der Waals surface area (Å²) in [7, 11) is 1.83. The number of hydrogen-bond donors (Lipinski definition) is 1. The zero-order valence-corrected chi connectivity index (χ0v) is 8.56. The number of guanidine groups is 1. The summed E-state index contributed by atoms with van der Waals surface area (Å²) in [6, 6.07) is 0. The molecular weight excluding hydrogens is 207 g/mol. The molecule has 2 aliphatic rings. The van der Waals surface area contributed by atoms with Gasteiger partial charge in [0.05, 0.1) is 12.0 Å². The normalized spacial score (nSPS) is 24.0. The first-order chi connectivity index (χ1) is 6.95. The van der Waals surface area contributed by atoms with Crippen molar-refractivity contribution < 1.29 is 13.2 Å². The number of halogens is 3. The summed E-state index contributed by atoms with van der Waals surface area (Å²) in [4.78, 5) is 5.93. The SMILES string of the molecule is CN1CCN=C1NCC1(C(F)(F)F)CC1. The highest BCUT2D eigenvalue weighted by molar-refractivity contribution is 5.81. The third kappa shape index (κ3) is 1.89. The molecule has 1 saturated carbocycles. The second-order valence-electron chi connectivity index (χ2n) is 4.26. The lowest BCUT2D eigenvalue weighted by Gasteiger charge is -2.22. The van der Waals surface area contributed by atoms with Gasteiger partial charge in [-0.2, -0.15) is 13.2 Å². The summed E-state index contributed by atoms with van der Waals surface area (Å²) in [6.07, 6.45) is -3.61. The number of nitrogens with one attached hydrogen (secondary N) is 1. The van der Waals surface area contributed by atoms with Gasteiger partial charge in [0.2, 0.25) is 0 Å². The Balaban J connectivity index is 1.89. The first-order valence-corrected chi connectivity index (χ1v) is 5.01. The molecule has 1 aliphatic carbocycles. The minimum atomic E-state index is -4.09. The van der Waals surface area contributed by atoms with Crippen LogP contribution >= 0.6 is 0 Å². The fourth-order valence-electron chi connectivity index (χ4n) is 1.68. The molecule has 15 heavy (non-hydrogen) atoms. The van der Waals surface area contributed by atoms with E-state index in [0.29, 0.717) is 12.5 Å². The number of likely N-dealkylation sites (N-methyl/N-ethyl adjacent to an activating group) is 1. The van der Waals surface area contributed by atoms with E-state index in [9.17, 15) is 13.2 Å². The van der Waals surface area contributed by atoms with Crippen molar-refractivity contribution in [3.63, 3.8) is 0 Å². The van der Waals surface area contributed by atoms with Crippen LogP contribution in [0.5, 0.6) is 0 Å². The topological polar surface area (TPSA) is 27.6 Å². The van der Waals surface area contributed by atoms with Gasteiger partial charge in [0.25, 0.3) is 0 Å². The monoisotopic (exact) mass is 221 g/mol. The fraction of sp³-hybridized carbons (Fsp3) is 0.889. The van der Waals surface area contributed by atoms with Gasteiger partial charge in [-0.1, -0.05) is 0 Å². The molecule has 1 fully saturated rings. The van der Waals surface area contributed by atoms with Crippen LogP contribution in [0, 0.1) is 5.41 Å². The van der Waals surface area contributed by atoms with Crippen molar-refractivity contribution in [2.45, 2.75) is 19.0 Å². The van der Waals surface area contributed by atoms with Gasteiger partial charge in [-0.3, -0.25) is 4.99 Å². The molecule has 0 saturated heterocycles. The molecule has 0 spiro atoms. The van der Waals surface area contributed by atoms with Crippen molar-refractivity contribution >= 4 is 5.96 Å². The van der Waals surface area contributed by atoms with E-state index >= 15 is 0 Å². The third-order valence-electron chi connectivity index (χ3n) is 3.10. The van der Waals surface area contributed by atoms with Gasteiger partial charge in [0.15, 0.2) is 5.96 Å². The lowest BCUT2D eigenvalue weighted by Crippen LogP contribution is -2.42. The van der Waals surface area contributed by atoms with Gasteiger partial charge in [-0.15, -0.1) is 0 Å². The maximum atomic E-state index is 12.6. The molecule has 0 aromatic rings. The highest BCUT2D eigenvalue weighted by Gasteiger charge is 2.63. The van der Waals surface area contributed by atoms with Crippen LogP contribution in [0.25, 0.3) is 0 Å². The quantitative estimate of drug-likeness (QED) is 0.759. The molecule has 0 aromatic carbocycles. The molecule has 1 heterocycles. The van der Waals surface area contributed by atoms with Crippen LogP contribution in [0.4, 0.5) is 13.2 Å². The van der Waals surface area contributed by atoms with Crippen molar-refractivity contribution in [2.24, 2.45) is 10.4 Å². The molecule has 3 nitrogen and oxygen atoms in total. The molecule has 0 aromatic heterocycles. The molecule has 1 N–H and O–H groups in total. The van der Waals surface area contributed by atoms with E-state index in [1.165, 1.54) is 0 Å². The second-order valence-corrected chi connectivity index (χ2v) is 4.26. The summed E-state index contributed by atoms with van der Waals surface area (Å²) in [6.45, 7) is 1.40. The van der Waals surface area contributed by atoms with Crippen LogP contribution in [0.3, 0.4) is 0 Å². The largest absolute Gasteiger partial charge is 0.396 e.